The molecule has 3 rings (SSSR count). The average Bonchev–Trinajstić information content (AvgIpc) is 3.37. The molecule has 0 radical (unpaired) electrons. The fourth-order valence-corrected chi connectivity index (χ4v) is 3.59. The van der Waals surface area contributed by atoms with Gasteiger partial charge in [0, 0.05) is 31.2 Å². The van der Waals surface area contributed by atoms with E-state index in [0.717, 1.165) is 31.2 Å². The fraction of sp³-hybridized carbons (Fsp3) is 0.650. The van der Waals surface area contributed by atoms with Crippen molar-refractivity contribution in [2.45, 2.75) is 52.3 Å². The third kappa shape index (κ3) is 6.06. The van der Waals surface area contributed by atoms with Crippen LogP contribution in [0.25, 0.3) is 0 Å². The summed E-state index contributed by atoms with van der Waals surface area (Å²) in [4.78, 5) is 7.17. The number of ether oxygens (including phenoxy) is 1. The Morgan fingerprint density at radius 2 is 2.11 bits per heavy atom. The molecule has 0 aromatic heterocycles. The van der Waals surface area contributed by atoms with Gasteiger partial charge in [0.1, 0.15) is 5.75 Å². The standard InChI is InChI=1S/C20H30F2N4O/c1-3-23-20(24-11-15-8-9-26(13-15)17-5-6-17)25-12-16-10-14(2)4-7-18(16)27-19(21)22/h4,7,10,15,17,19H,3,5-6,8-9,11-13H2,1-2H3,(H2,23,24,25). The van der Waals surface area contributed by atoms with E-state index in [4.69, 9.17) is 0 Å². The second-order valence-electron chi connectivity index (χ2n) is 7.45. The molecule has 7 heteroatoms. The van der Waals surface area contributed by atoms with E-state index in [9.17, 15) is 8.78 Å². The highest BCUT2D eigenvalue weighted by Crippen LogP contribution is 2.31. The largest absolute Gasteiger partial charge is 0.434 e. The molecule has 1 aliphatic heterocycles. The van der Waals surface area contributed by atoms with Gasteiger partial charge in [0.15, 0.2) is 5.96 Å². The molecular formula is C20H30F2N4O. The molecule has 1 aromatic rings. The van der Waals surface area contributed by atoms with Crippen LogP contribution < -0.4 is 15.4 Å². The van der Waals surface area contributed by atoms with E-state index in [-0.39, 0.29) is 12.3 Å². The highest BCUT2D eigenvalue weighted by Gasteiger charge is 2.34. The number of aliphatic imine (C=N–C) groups is 1. The molecule has 1 saturated heterocycles. The Morgan fingerprint density at radius 1 is 1.30 bits per heavy atom. The predicted molar refractivity (Wildman–Crippen MR) is 103 cm³/mol. The number of rotatable bonds is 8. The Hall–Kier alpha value is -1.89. The molecular weight excluding hydrogens is 350 g/mol. The van der Waals surface area contributed by atoms with Crippen LogP contribution in [0.5, 0.6) is 5.75 Å². The molecule has 2 aliphatic rings. The minimum absolute atomic E-state index is 0.186. The lowest BCUT2D eigenvalue weighted by Crippen LogP contribution is -2.40. The second-order valence-corrected chi connectivity index (χ2v) is 7.45. The molecule has 2 fully saturated rings. The first-order chi connectivity index (χ1) is 13.0. The monoisotopic (exact) mass is 380 g/mol. The van der Waals surface area contributed by atoms with Gasteiger partial charge in [-0.15, -0.1) is 0 Å². The van der Waals surface area contributed by atoms with Gasteiger partial charge in [-0.1, -0.05) is 17.7 Å². The number of halogens is 2. The van der Waals surface area contributed by atoms with Gasteiger partial charge >= 0.3 is 6.61 Å². The molecule has 1 saturated carbocycles. The van der Waals surface area contributed by atoms with Crippen LogP contribution in [0.15, 0.2) is 23.2 Å². The van der Waals surface area contributed by atoms with E-state index < -0.39 is 6.61 Å². The lowest BCUT2D eigenvalue weighted by molar-refractivity contribution is -0.0504. The van der Waals surface area contributed by atoms with Crippen molar-refractivity contribution in [1.82, 2.24) is 15.5 Å². The molecule has 150 valence electrons. The number of nitrogens with one attached hydrogen (secondary N) is 2. The van der Waals surface area contributed by atoms with E-state index in [1.807, 2.05) is 19.9 Å². The summed E-state index contributed by atoms with van der Waals surface area (Å²) in [7, 11) is 0. The average molecular weight is 380 g/mol. The molecule has 1 aromatic carbocycles. The van der Waals surface area contributed by atoms with E-state index in [2.05, 4.69) is 25.3 Å². The molecule has 0 spiro atoms. The van der Waals surface area contributed by atoms with E-state index >= 15 is 0 Å². The number of likely N-dealkylation sites (tertiary alicyclic amines) is 1. The highest BCUT2D eigenvalue weighted by molar-refractivity contribution is 5.79. The summed E-state index contributed by atoms with van der Waals surface area (Å²) in [6.07, 6.45) is 3.92. The maximum absolute atomic E-state index is 12.6. The summed E-state index contributed by atoms with van der Waals surface area (Å²) in [6, 6.07) is 6.01. The Balaban J connectivity index is 1.57. The van der Waals surface area contributed by atoms with E-state index in [0.29, 0.717) is 17.4 Å². The smallest absolute Gasteiger partial charge is 0.387 e. The van der Waals surface area contributed by atoms with Crippen LogP contribution in [-0.4, -0.2) is 49.7 Å². The Morgan fingerprint density at radius 3 is 2.81 bits per heavy atom. The SMILES string of the molecule is CCNC(=NCc1cc(C)ccc1OC(F)F)NCC1CCN(C2CC2)C1. The molecule has 1 unspecified atom stereocenters. The first kappa shape index (κ1) is 19.9. The van der Waals surface area contributed by atoms with Crippen molar-refractivity contribution in [3.05, 3.63) is 29.3 Å². The van der Waals surface area contributed by atoms with E-state index in [1.165, 1.54) is 25.8 Å². The zero-order chi connectivity index (χ0) is 19.2. The van der Waals surface area contributed by atoms with Crippen LogP contribution in [0.4, 0.5) is 8.78 Å². The van der Waals surface area contributed by atoms with Crippen molar-refractivity contribution in [2.75, 3.05) is 26.2 Å². The molecule has 0 bridgehead atoms. The van der Waals surface area contributed by atoms with Gasteiger partial charge in [-0.2, -0.15) is 8.78 Å². The van der Waals surface area contributed by atoms with Crippen molar-refractivity contribution in [2.24, 2.45) is 10.9 Å². The number of guanidine groups is 1. The summed E-state index contributed by atoms with van der Waals surface area (Å²) < 4.78 is 29.9. The molecule has 1 aliphatic carbocycles. The van der Waals surface area contributed by atoms with Crippen molar-refractivity contribution in [3.8, 4) is 5.75 Å². The van der Waals surface area contributed by atoms with Gasteiger partial charge < -0.3 is 20.3 Å². The summed E-state index contributed by atoms with van der Waals surface area (Å²) in [6.45, 7) is 5.37. The van der Waals surface area contributed by atoms with Gasteiger partial charge in [0.25, 0.3) is 0 Å². The van der Waals surface area contributed by atoms with Crippen LogP contribution >= 0.6 is 0 Å². The number of benzene rings is 1. The molecule has 27 heavy (non-hydrogen) atoms. The number of hydrogen-bond acceptors (Lipinski definition) is 3. The minimum Gasteiger partial charge on any atom is -0.434 e. The van der Waals surface area contributed by atoms with Gasteiger partial charge in [-0.3, -0.25) is 0 Å². The summed E-state index contributed by atoms with van der Waals surface area (Å²) in [5.41, 5.74) is 1.65. The predicted octanol–water partition coefficient (Wildman–Crippen LogP) is 3.14. The Labute approximate surface area is 160 Å². The molecule has 2 N–H and O–H groups in total. The fourth-order valence-electron chi connectivity index (χ4n) is 3.59. The van der Waals surface area contributed by atoms with Crippen LogP contribution in [0.3, 0.4) is 0 Å². The second kappa shape index (κ2) is 9.35. The quantitative estimate of drug-likeness (QED) is 0.537. The van der Waals surface area contributed by atoms with Crippen molar-refractivity contribution in [3.63, 3.8) is 0 Å². The lowest BCUT2D eigenvalue weighted by Gasteiger charge is -2.17. The Bertz CT molecular complexity index is 649. The molecule has 1 atom stereocenters. The molecule has 0 amide bonds. The van der Waals surface area contributed by atoms with Crippen molar-refractivity contribution >= 4 is 5.96 Å². The van der Waals surface area contributed by atoms with Crippen LogP contribution in [0, 0.1) is 12.8 Å². The van der Waals surface area contributed by atoms with Crippen molar-refractivity contribution < 1.29 is 13.5 Å². The number of alkyl halides is 2. The third-order valence-corrected chi connectivity index (χ3v) is 5.12. The third-order valence-electron chi connectivity index (χ3n) is 5.12. The first-order valence-electron chi connectivity index (χ1n) is 9.85. The first-order valence-corrected chi connectivity index (χ1v) is 9.85. The number of nitrogens with zero attached hydrogens (tertiary/aromatic N) is 2. The minimum atomic E-state index is -2.83. The topological polar surface area (TPSA) is 48.9 Å². The van der Waals surface area contributed by atoms with Gasteiger partial charge in [0.05, 0.1) is 6.54 Å². The van der Waals surface area contributed by atoms with Gasteiger partial charge in [0.2, 0.25) is 0 Å². The zero-order valence-corrected chi connectivity index (χ0v) is 16.2. The summed E-state index contributed by atoms with van der Waals surface area (Å²) >= 11 is 0. The molecule has 1 heterocycles. The Kier molecular flexibility index (Phi) is 6.88. The summed E-state index contributed by atoms with van der Waals surface area (Å²) in [5, 5.41) is 6.65. The number of hydrogen-bond donors (Lipinski definition) is 2. The number of aryl methyl sites for hydroxylation is 1. The summed E-state index contributed by atoms with van der Waals surface area (Å²) in [5.74, 6) is 1.53. The maximum Gasteiger partial charge on any atom is 0.387 e. The van der Waals surface area contributed by atoms with E-state index in [1.54, 1.807) is 12.1 Å². The maximum atomic E-state index is 12.6. The van der Waals surface area contributed by atoms with Gasteiger partial charge in [-0.05, 0) is 51.6 Å². The van der Waals surface area contributed by atoms with Gasteiger partial charge in [-0.25, -0.2) is 4.99 Å². The molecule has 5 nitrogen and oxygen atoms in total. The zero-order valence-electron chi connectivity index (χ0n) is 16.2. The van der Waals surface area contributed by atoms with Crippen LogP contribution in [-0.2, 0) is 6.54 Å². The van der Waals surface area contributed by atoms with Crippen LogP contribution in [0.2, 0.25) is 0 Å². The van der Waals surface area contributed by atoms with Crippen molar-refractivity contribution in [1.29, 1.82) is 0 Å². The highest BCUT2D eigenvalue weighted by atomic mass is 19.3. The lowest BCUT2D eigenvalue weighted by atomic mass is 10.1. The normalized spacial score (nSPS) is 20.9. The van der Waals surface area contributed by atoms with Crippen LogP contribution in [0.1, 0.15) is 37.3 Å².